The molecule has 1 aromatic heterocycles. The van der Waals surface area contributed by atoms with Crippen molar-refractivity contribution in [2.45, 2.75) is 34.1 Å². The van der Waals surface area contributed by atoms with Crippen molar-refractivity contribution in [3.8, 4) is 0 Å². The van der Waals surface area contributed by atoms with Gasteiger partial charge in [0.15, 0.2) is 0 Å². The van der Waals surface area contributed by atoms with E-state index in [0.29, 0.717) is 11.8 Å². The van der Waals surface area contributed by atoms with Gasteiger partial charge in [-0.2, -0.15) is 5.10 Å². The molecule has 1 heterocycles. The van der Waals surface area contributed by atoms with E-state index in [1.807, 2.05) is 18.7 Å². The fourth-order valence-electron chi connectivity index (χ4n) is 1.73. The Bertz CT molecular complexity index is 366. The zero-order valence-electron chi connectivity index (χ0n) is 10.6. The highest BCUT2D eigenvalue weighted by atomic mass is 79.9. The van der Waals surface area contributed by atoms with E-state index in [-0.39, 0.29) is 5.41 Å². The highest BCUT2D eigenvalue weighted by Crippen LogP contribution is 2.32. The minimum absolute atomic E-state index is 0.222. The van der Waals surface area contributed by atoms with E-state index in [2.05, 4.69) is 41.8 Å². The Morgan fingerprint density at radius 1 is 1.44 bits per heavy atom. The van der Waals surface area contributed by atoms with Gasteiger partial charge in [-0.1, -0.05) is 20.8 Å². The van der Waals surface area contributed by atoms with Gasteiger partial charge in [0.2, 0.25) is 0 Å². The molecule has 0 saturated carbocycles. The highest BCUT2D eigenvalue weighted by molar-refractivity contribution is 9.10. The highest BCUT2D eigenvalue weighted by Gasteiger charge is 2.26. The second kappa shape index (κ2) is 5.09. The SMILES string of the molecule is Cc1nn(C)c(CC(CCl)C(C)(C)C)c1Br. The van der Waals surface area contributed by atoms with Crippen LogP contribution in [0.15, 0.2) is 4.47 Å². The summed E-state index contributed by atoms with van der Waals surface area (Å²) in [7, 11) is 1.99. The molecular weight excluding hydrogens is 288 g/mol. The summed E-state index contributed by atoms with van der Waals surface area (Å²) in [4.78, 5) is 0. The van der Waals surface area contributed by atoms with Crippen LogP contribution >= 0.6 is 27.5 Å². The number of aromatic nitrogens is 2. The molecule has 0 aromatic carbocycles. The molecule has 2 nitrogen and oxygen atoms in total. The lowest BCUT2D eigenvalue weighted by Gasteiger charge is -2.29. The summed E-state index contributed by atoms with van der Waals surface area (Å²) in [5.74, 6) is 1.14. The van der Waals surface area contributed by atoms with E-state index in [1.54, 1.807) is 0 Å². The molecular formula is C12H20BrClN2. The Hall–Kier alpha value is -0.0200. The standard InChI is InChI=1S/C12H20BrClN2/c1-8-11(13)10(16(5)15-8)6-9(7-14)12(2,3)4/h9H,6-7H2,1-5H3. The van der Waals surface area contributed by atoms with Gasteiger partial charge in [-0.3, -0.25) is 4.68 Å². The average molecular weight is 308 g/mol. The number of rotatable bonds is 3. The van der Waals surface area contributed by atoms with Gasteiger partial charge in [-0.25, -0.2) is 0 Å². The predicted molar refractivity (Wildman–Crippen MR) is 73.0 cm³/mol. The van der Waals surface area contributed by atoms with Crippen LogP contribution in [-0.4, -0.2) is 15.7 Å². The van der Waals surface area contributed by atoms with Crippen LogP contribution in [0.1, 0.15) is 32.2 Å². The van der Waals surface area contributed by atoms with Crippen LogP contribution in [0.5, 0.6) is 0 Å². The monoisotopic (exact) mass is 306 g/mol. The normalized spacial score (nSPS) is 14.2. The molecule has 0 fully saturated rings. The third-order valence-electron chi connectivity index (χ3n) is 3.11. The molecule has 1 unspecified atom stereocenters. The minimum atomic E-state index is 0.222. The summed E-state index contributed by atoms with van der Waals surface area (Å²) in [6.07, 6.45) is 0.963. The van der Waals surface area contributed by atoms with Crippen LogP contribution in [0.25, 0.3) is 0 Å². The van der Waals surface area contributed by atoms with Crippen LogP contribution in [0.3, 0.4) is 0 Å². The molecule has 0 aliphatic heterocycles. The molecule has 1 rings (SSSR count). The summed E-state index contributed by atoms with van der Waals surface area (Å²) in [6, 6.07) is 0. The van der Waals surface area contributed by atoms with Crippen molar-refractivity contribution in [1.82, 2.24) is 9.78 Å². The first kappa shape index (κ1) is 14.0. The maximum atomic E-state index is 6.07. The number of halogens is 2. The van der Waals surface area contributed by atoms with Gasteiger partial charge < -0.3 is 0 Å². The molecule has 0 aliphatic carbocycles. The Morgan fingerprint density at radius 2 is 2.00 bits per heavy atom. The molecule has 0 amide bonds. The maximum absolute atomic E-state index is 6.07. The van der Waals surface area contributed by atoms with Gasteiger partial charge in [-0.15, -0.1) is 11.6 Å². The first-order chi connectivity index (χ1) is 7.27. The van der Waals surface area contributed by atoms with Crippen molar-refractivity contribution < 1.29 is 0 Å². The first-order valence-electron chi connectivity index (χ1n) is 5.51. The van der Waals surface area contributed by atoms with Crippen LogP contribution in [0, 0.1) is 18.3 Å². The van der Waals surface area contributed by atoms with Gasteiger partial charge in [0.1, 0.15) is 0 Å². The lowest BCUT2D eigenvalue weighted by atomic mass is 9.79. The molecule has 16 heavy (non-hydrogen) atoms. The molecule has 0 spiro atoms. The van der Waals surface area contributed by atoms with Crippen molar-refractivity contribution in [3.63, 3.8) is 0 Å². The zero-order valence-corrected chi connectivity index (χ0v) is 13.0. The van der Waals surface area contributed by atoms with Gasteiger partial charge in [0.05, 0.1) is 15.9 Å². The Labute approximate surface area is 111 Å². The summed E-state index contributed by atoms with van der Waals surface area (Å²) in [5, 5.41) is 4.41. The van der Waals surface area contributed by atoms with Crippen molar-refractivity contribution in [2.24, 2.45) is 18.4 Å². The van der Waals surface area contributed by atoms with E-state index >= 15 is 0 Å². The van der Waals surface area contributed by atoms with Crippen molar-refractivity contribution >= 4 is 27.5 Å². The van der Waals surface area contributed by atoms with Gasteiger partial charge in [0, 0.05) is 12.9 Å². The third-order valence-corrected chi connectivity index (χ3v) is 4.52. The summed E-state index contributed by atoms with van der Waals surface area (Å²) in [6.45, 7) is 8.71. The Kier molecular flexibility index (Phi) is 4.47. The molecule has 1 aromatic rings. The molecule has 0 N–H and O–H groups in total. The van der Waals surface area contributed by atoms with E-state index < -0.39 is 0 Å². The van der Waals surface area contributed by atoms with E-state index in [1.165, 1.54) is 5.69 Å². The van der Waals surface area contributed by atoms with E-state index in [4.69, 9.17) is 11.6 Å². The fraction of sp³-hybridized carbons (Fsp3) is 0.750. The number of hydrogen-bond donors (Lipinski definition) is 0. The molecule has 0 bridgehead atoms. The van der Waals surface area contributed by atoms with Crippen molar-refractivity contribution in [2.75, 3.05) is 5.88 Å². The number of nitrogens with zero attached hydrogens (tertiary/aromatic N) is 2. The molecule has 0 radical (unpaired) electrons. The van der Waals surface area contributed by atoms with Crippen LogP contribution in [-0.2, 0) is 13.5 Å². The quantitative estimate of drug-likeness (QED) is 0.774. The molecule has 1 atom stereocenters. The second-order valence-corrected chi connectivity index (χ2v) is 6.49. The summed E-state index contributed by atoms with van der Waals surface area (Å²) >= 11 is 9.67. The van der Waals surface area contributed by atoms with Gasteiger partial charge >= 0.3 is 0 Å². The molecule has 4 heteroatoms. The summed E-state index contributed by atoms with van der Waals surface area (Å²) < 4.78 is 3.07. The molecule has 0 saturated heterocycles. The predicted octanol–water partition coefficient (Wildman–Crippen LogP) is 3.93. The van der Waals surface area contributed by atoms with Crippen LogP contribution in [0.4, 0.5) is 0 Å². The zero-order chi connectivity index (χ0) is 12.5. The van der Waals surface area contributed by atoms with Crippen molar-refractivity contribution in [1.29, 1.82) is 0 Å². The Morgan fingerprint density at radius 3 is 2.31 bits per heavy atom. The number of alkyl halides is 1. The lowest BCUT2D eigenvalue weighted by molar-refractivity contribution is 0.260. The average Bonchev–Trinajstić information content (AvgIpc) is 2.37. The third kappa shape index (κ3) is 3.01. The first-order valence-corrected chi connectivity index (χ1v) is 6.84. The minimum Gasteiger partial charge on any atom is -0.271 e. The largest absolute Gasteiger partial charge is 0.271 e. The van der Waals surface area contributed by atoms with E-state index in [9.17, 15) is 0 Å². The molecule has 0 aliphatic rings. The maximum Gasteiger partial charge on any atom is 0.0738 e. The smallest absolute Gasteiger partial charge is 0.0738 e. The fourth-order valence-corrected chi connectivity index (χ4v) is 2.80. The van der Waals surface area contributed by atoms with E-state index in [0.717, 1.165) is 16.6 Å². The number of hydrogen-bond acceptors (Lipinski definition) is 1. The Balaban J connectivity index is 2.95. The lowest BCUT2D eigenvalue weighted by Crippen LogP contribution is -2.25. The second-order valence-electron chi connectivity index (χ2n) is 5.39. The van der Waals surface area contributed by atoms with Gasteiger partial charge in [-0.05, 0) is 40.6 Å². The van der Waals surface area contributed by atoms with Crippen LogP contribution < -0.4 is 0 Å². The summed E-state index contributed by atoms with van der Waals surface area (Å²) in [5.41, 5.74) is 2.50. The topological polar surface area (TPSA) is 17.8 Å². The van der Waals surface area contributed by atoms with Crippen molar-refractivity contribution in [3.05, 3.63) is 15.9 Å². The number of aryl methyl sites for hydroxylation is 2. The van der Waals surface area contributed by atoms with Crippen LogP contribution in [0.2, 0.25) is 0 Å². The van der Waals surface area contributed by atoms with Gasteiger partial charge in [0.25, 0.3) is 0 Å². The molecule has 92 valence electrons.